The molecule has 0 spiro atoms. The molecule has 0 heterocycles. The molecule has 0 atom stereocenters. The highest BCUT2D eigenvalue weighted by Crippen LogP contribution is 2.60. The second-order valence-corrected chi connectivity index (χ2v) is 8.29. The Hall–Kier alpha value is -1.76. The van der Waals surface area contributed by atoms with E-state index in [-0.39, 0.29) is 0 Å². The average molecular weight is 304 g/mol. The molecule has 4 bridgehead atoms. The molecule has 1 heteroatoms. The van der Waals surface area contributed by atoms with Crippen molar-refractivity contribution < 1.29 is 5.11 Å². The van der Waals surface area contributed by atoms with Gasteiger partial charge < -0.3 is 5.11 Å². The number of aromatic hydroxyl groups is 1. The van der Waals surface area contributed by atoms with Gasteiger partial charge in [-0.3, -0.25) is 0 Å². The van der Waals surface area contributed by atoms with Crippen LogP contribution in [0.2, 0.25) is 0 Å². The summed E-state index contributed by atoms with van der Waals surface area (Å²) in [7, 11) is 0. The molecule has 0 amide bonds. The Kier molecular flexibility index (Phi) is 2.89. The van der Waals surface area contributed by atoms with Crippen LogP contribution in [-0.4, -0.2) is 5.11 Å². The van der Waals surface area contributed by atoms with Gasteiger partial charge in [-0.25, -0.2) is 0 Å². The van der Waals surface area contributed by atoms with E-state index >= 15 is 0 Å². The minimum atomic E-state index is 0.370. The van der Waals surface area contributed by atoms with E-state index in [2.05, 4.69) is 24.3 Å². The van der Waals surface area contributed by atoms with E-state index in [9.17, 15) is 5.11 Å². The van der Waals surface area contributed by atoms with Crippen molar-refractivity contribution in [3.8, 4) is 16.9 Å². The minimum Gasteiger partial charge on any atom is -0.507 e. The lowest BCUT2D eigenvalue weighted by Gasteiger charge is -2.57. The first-order valence-corrected chi connectivity index (χ1v) is 9.11. The Morgan fingerprint density at radius 3 is 1.87 bits per heavy atom. The van der Waals surface area contributed by atoms with Gasteiger partial charge in [0.15, 0.2) is 0 Å². The highest BCUT2D eigenvalue weighted by molar-refractivity contribution is 5.70. The minimum absolute atomic E-state index is 0.370. The zero-order chi connectivity index (χ0) is 15.4. The summed E-state index contributed by atoms with van der Waals surface area (Å²) in [5, 5.41) is 10.1. The largest absolute Gasteiger partial charge is 0.507 e. The number of benzene rings is 2. The van der Waals surface area contributed by atoms with E-state index in [0.717, 1.165) is 28.9 Å². The van der Waals surface area contributed by atoms with E-state index in [1.807, 2.05) is 18.2 Å². The lowest BCUT2D eigenvalue weighted by atomic mass is 9.48. The van der Waals surface area contributed by atoms with Crippen molar-refractivity contribution in [3.63, 3.8) is 0 Å². The van der Waals surface area contributed by atoms with E-state index in [1.165, 1.54) is 38.5 Å². The van der Waals surface area contributed by atoms with E-state index in [0.29, 0.717) is 11.2 Å². The van der Waals surface area contributed by atoms with Gasteiger partial charge in [0.1, 0.15) is 5.75 Å². The highest BCUT2D eigenvalue weighted by Gasteiger charge is 2.51. The van der Waals surface area contributed by atoms with Gasteiger partial charge in [-0.15, -0.1) is 0 Å². The Bertz CT molecular complexity index is 693. The zero-order valence-corrected chi connectivity index (χ0v) is 13.5. The van der Waals surface area contributed by atoms with E-state index in [4.69, 9.17) is 0 Å². The van der Waals surface area contributed by atoms with Crippen LogP contribution in [0.3, 0.4) is 0 Å². The van der Waals surface area contributed by atoms with Crippen LogP contribution in [0.15, 0.2) is 48.5 Å². The molecule has 1 nitrogen and oxygen atoms in total. The number of para-hydroxylation sites is 1. The van der Waals surface area contributed by atoms with Gasteiger partial charge in [-0.1, -0.05) is 42.5 Å². The van der Waals surface area contributed by atoms with Crippen LogP contribution in [-0.2, 0) is 5.41 Å². The standard InChI is InChI=1S/C22H24O/c23-21-4-2-1-3-20(21)18-5-7-19(8-6-18)22-12-15-9-16(13-22)11-17(10-15)14-22/h1-8,15-17,23H,9-14H2. The van der Waals surface area contributed by atoms with Crippen molar-refractivity contribution in [1.82, 2.24) is 0 Å². The lowest BCUT2D eigenvalue weighted by Crippen LogP contribution is -2.48. The van der Waals surface area contributed by atoms with Gasteiger partial charge in [0, 0.05) is 5.56 Å². The fraction of sp³-hybridized carbons (Fsp3) is 0.455. The Morgan fingerprint density at radius 1 is 0.739 bits per heavy atom. The van der Waals surface area contributed by atoms with Crippen LogP contribution >= 0.6 is 0 Å². The molecule has 4 saturated carbocycles. The monoisotopic (exact) mass is 304 g/mol. The van der Waals surface area contributed by atoms with Gasteiger partial charge in [0.25, 0.3) is 0 Å². The molecule has 23 heavy (non-hydrogen) atoms. The predicted molar refractivity (Wildman–Crippen MR) is 93.4 cm³/mol. The first kappa shape index (κ1) is 13.7. The molecule has 6 rings (SSSR count). The number of phenols is 1. The van der Waals surface area contributed by atoms with E-state index in [1.54, 1.807) is 11.6 Å². The SMILES string of the molecule is Oc1ccccc1-c1ccc(C23CC4CC(CC(C4)C2)C3)cc1. The zero-order valence-electron chi connectivity index (χ0n) is 13.5. The predicted octanol–water partition coefficient (Wildman–Crippen LogP) is 5.53. The summed E-state index contributed by atoms with van der Waals surface area (Å²) in [5.41, 5.74) is 4.07. The second-order valence-electron chi connectivity index (χ2n) is 8.29. The van der Waals surface area contributed by atoms with Gasteiger partial charge in [-0.05, 0) is 78.9 Å². The summed E-state index contributed by atoms with van der Waals surface area (Å²) in [6.07, 6.45) is 8.72. The third-order valence-corrected chi connectivity index (χ3v) is 6.75. The summed E-state index contributed by atoms with van der Waals surface area (Å²) in [4.78, 5) is 0. The van der Waals surface area contributed by atoms with Crippen LogP contribution in [0.5, 0.6) is 5.75 Å². The van der Waals surface area contributed by atoms with Crippen molar-refractivity contribution in [2.75, 3.05) is 0 Å². The molecule has 118 valence electrons. The Labute approximate surface area is 138 Å². The summed E-state index contributed by atoms with van der Waals surface area (Å²) < 4.78 is 0. The maximum atomic E-state index is 10.1. The third kappa shape index (κ3) is 2.13. The molecule has 0 radical (unpaired) electrons. The molecule has 4 fully saturated rings. The van der Waals surface area contributed by atoms with Gasteiger partial charge >= 0.3 is 0 Å². The summed E-state index contributed by atoms with van der Waals surface area (Å²) in [6.45, 7) is 0. The van der Waals surface area contributed by atoms with Crippen molar-refractivity contribution in [2.45, 2.75) is 43.9 Å². The summed E-state index contributed by atoms with van der Waals surface area (Å²) >= 11 is 0. The van der Waals surface area contributed by atoms with Gasteiger partial charge in [0.2, 0.25) is 0 Å². The summed E-state index contributed by atoms with van der Waals surface area (Å²) in [6, 6.07) is 16.7. The quantitative estimate of drug-likeness (QED) is 0.773. The lowest BCUT2D eigenvalue weighted by molar-refractivity contribution is -0.00518. The second kappa shape index (κ2) is 4.87. The van der Waals surface area contributed by atoms with Crippen molar-refractivity contribution in [2.24, 2.45) is 17.8 Å². The van der Waals surface area contributed by atoms with Gasteiger partial charge in [0.05, 0.1) is 0 Å². The Balaban J connectivity index is 1.50. The first-order valence-electron chi connectivity index (χ1n) is 9.11. The van der Waals surface area contributed by atoms with Crippen LogP contribution in [0.4, 0.5) is 0 Å². The fourth-order valence-electron chi connectivity index (χ4n) is 6.19. The molecule has 2 aromatic carbocycles. The van der Waals surface area contributed by atoms with Crippen molar-refractivity contribution in [1.29, 1.82) is 0 Å². The molecular formula is C22H24O. The third-order valence-electron chi connectivity index (χ3n) is 6.75. The van der Waals surface area contributed by atoms with Crippen LogP contribution < -0.4 is 0 Å². The topological polar surface area (TPSA) is 20.2 Å². The molecular weight excluding hydrogens is 280 g/mol. The van der Waals surface area contributed by atoms with Gasteiger partial charge in [-0.2, -0.15) is 0 Å². The van der Waals surface area contributed by atoms with Crippen molar-refractivity contribution >= 4 is 0 Å². The molecule has 0 aromatic heterocycles. The average Bonchev–Trinajstić information content (AvgIpc) is 2.54. The van der Waals surface area contributed by atoms with Crippen molar-refractivity contribution in [3.05, 3.63) is 54.1 Å². The Morgan fingerprint density at radius 2 is 1.30 bits per heavy atom. The maximum Gasteiger partial charge on any atom is 0.123 e. The number of hydrogen-bond acceptors (Lipinski definition) is 1. The smallest absolute Gasteiger partial charge is 0.123 e. The number of phenolic OH excluding ortho intramolecular Hbond substituents is 1. The molecule has 1 N–H and O–H groups in total. The number of hydrogen-bond donors (Lipinski definition) is 1. The first-order chi connectivity index (χ1) is 11.2. The number of rotatable bonds is 2. The highest BCUT2D eigenvalue weighted by atomic mass is 16.3. The van der Waals surface area contributed by atoms with Crippen LogP contribution in [0.25, 0.3) is 11.1 Å². The molecule has 0 aliphatic heterocycles. The molecule has 2 aromatic rings. The molecule has 4 aliphatic carbocycles. The van der Waals surface area contributed by atoms with Crippen LogP contribution in [0.1, 0.15) is 44.1 Å². The maximum absolute atomic E-state index is 10.1. The summed E-state index contributed by atoms with van der Waals surface area (Å²) in [5.74, 6) is 3.33. The van der Waals surface area contributed by atoms with E-state index < -0.39 is 0 Å². The molecule has 0 saturated heterocycles. The fourth-order valence-corrected chi connectivity index (χ4v) is 6.19. The normalized spacial score (nSPS) is 34.7. The van der Waals surface area contributed by atoms with Crippen LogP contribution in [0, 0.1) is 17.8 Å². The molecule has 0 unspecified atom stereocenters. The molecule has 4 aliphatic rings.